The fourth-order valence-corrected chi connectivity index (χ4v) is 4.45. The summed E-state index contributed by atoms with van der Waals surface area (Å²) in [6.45, 7) is 5.14. The molecule has 0 spiro atoms. The van der Waals surface area contributed by atoms with Crippen LogP contribution in [-0.2, 0) is 25.6 Å². The molecule has 7 nitrogen and oxygen atoms in total. The SMILES string of the molecule is C=C[C@@]1(O)[C@H](OCc2ccc(OC)cc2)[C@@H]2CC[C@H]1/C(=C\OCOCCOC)[C@H]2O. The van der Waals surface area contributed by atoms with Crippen LogP contribution in [0.15, 0.2) is 48.8 Å². The molecule has 0 aromatic heterocycles. The van der Waals surface area contributed by atoms with Gasteiger partial charge in [0.25, 0.3) is 0 Å². The summed E-state index contributed by atoms with van der Waals surface area (Å²) in [5.74, 6) is 0.199. The normalized spacial score (nSPS) is 31.7. The molecule has 0 radical (unpaired) electrons. The van der Waals surface area contributed by atoms with Crippen molar-refractivity contribution in [1.29, 1.82) is 0 Å². The number of aliphatic hydroxyl groups excluding tert-OH is 1. The Hall–Kier alpha value is -1.90. The monoisotopic (exact) mass is 420 g/mol. The third-order valence-electron chi connectivity index (χ3n) is 6.06. The molecule has 166 valence electrons. The van der Waals surface area contributed by atoms with Gasteiger partial charge >= 0.3 is 0 Å². The van der Waals surface area contributed by atoms with Crippen molar-refractivity contribution >= 4 is 0 Å². The minimum Gasteiger partial charge on any atom is -0.497 e. The lowest BCUT2D eigenvalue weighted by molar-refractivity contribution is -0.196. The fraction of sp³-hybridized carbons (Fsp3) is 0.565. The molecule has 2 bridgehead atoms. The van der Waals surface area contributed by atoms with Gasteiger partial charge in [-0.05, 0) is 36.1 Å². The highest BCUT2D eigenvalue weighted by molar-refractivity contribution is 5.31. The van der Waals surface area contributed by atoms with E-state index in [1.807, 2.05) is 24.3 Å². The zero-order valence-electron chi connectivity index (χ0n) is 17.7. The first-order valence-electron chi connectivity index (χ1n) is 10.2. The number of ether oxygens (including phenoxy) is 5. The van der Waals surface area contributed by atoms with Gasteiger partial charge in [0.15, 0.2) is 6.79 Å². The van der Waals surface area contributed by atoms with E-state index in [-0.39, 0.29) is 18.6 Å². The van der Waals surface area contributed by atoms with E-state index in [2.05, 4.69) is 6.58 Å². The van der Waals surface area contributed by atoms with Crippen molar-refractivity contribution in [1.82, 2.24) is 0 Å². The molecule has 3 aliphatic rings. The fourth-order valence-electron chi connectivity index (χ4n) is 4.45. The van der Waals surface area contributed by atoms with Gasteiger partial charge < -0.3 is 33.9 Å². The third kappa shape index (κ3) is 4.71. The molecule has 0 unspecified atom stereocenters. The summed E-state index contributed by atoms with van der Waals surface area (Å²) >= 11 is 0. The lowest BCUT2D eigenvalue weighted by Crippen LogP contribution is -2.63. The molecule has 3 fully saturated rings. The summed E-state index contributed by atoms with van der Waals surface area (Å²) in [4.78, 5) is 0. The maximum atomic E-state index is 11.4. The van der Waals surface area contributed by atoms with E-state index in [0.717, 1.165) is 24.2 Å². The minimum atomic E-state index is -1.28. The Morgan fingerprint density at radius 2 is 1.93 bits per heavy atom. The molecule has 30 heavy (non-hydrogen) atoms. The second-order valence-electron chi connectivity index (χ2n) is 7.71. The van der Waals surface area contributed by atoms with E-state index in [4.69, 9.17) is 23.7 Å². The molecule has 0 amide bonds. The highest BCUT2D eigenvalue weighted by Crippen LogP contribution is 2.52. The molecule has 7 heteroatoms. The van der Waals surface area contributed by atoms with E-state index in [1.165, 1.54) is 12.3 Å². The van der Waals surface area contributed by atoms with Crippen LogP contribution in [0.1, 0.15) is 18.4 Å². The Morgan fingerprint density at radius 1 is 1.17 bits per heavy atom. The molecule has 0 saturated heterocycles. The molecule has 3 aliphatic carbocycles. The smallest absolute Gasteiger partial charge is 0.188 e. The van der Waals surface area contributed by atoms with Crippen LogP contribution in [0.2, 0.25) is 0 Å². The molecular weight excluding hydrogens is 388 g/mol. The second kappa shape index (κ2) is 10.4. The lowest BCUT2D eigenvalue weighted by Gasteiger charge is -2.55. The van der Waals surface area contributed by atoms with Gasteiger partial charge in [0, 0.05) is 18.9 Å². The van der Waals surface area contributed by atoms with Crippen LogP contribution in [0.4, 0.5) is 0 Å². The van der Waals surface area contributed by atoms with Crippen molar-refractivity contribution in [2.75, 3.05) is 34.2 Å². The van der Waals surface area contributed by atoms with Crippen molar-refractivity contribution in [3.05, 3.63) is 54.3 Å². The maximum Gasteiger partial charge on any atom is 0.188 e. The van der Waals surface area contributed by atoms with Crippen LogP contribution in [0, 0.1) is 11.8 Å². The summed E-state index contributed by atoms with van der Waals surface area (Å²) in [5.41, 5.74) is 0.347. The second-order valence-corrected chi connectivity index (χ2v) is 7.71. The predicted octanol–water partition coefficient (Wildman–Crippen LogP) is 2.42. The summed E-state index contributed by atoms with van der Waals surface area (Å²) in [7, 11) is 3.22. The zero-order chi connectivity index (χ0) is 21.6. The quantitative estimate of drug-likeness (QED) is 0.246. The van der Waals surface area contributed by atoms with E-state index in [9.17, 15) is 10.2 Å². The van der Waals surface area contributed by atoms with Crippen molar-refractivity contribution in [3.8, 4) is 5.75 Å². The predicted molar refractivity (Wildman–Crippen MR) is 111 cm³/mol. The molecule has 5 atom stereocenters. The van der Waals surface area contributed by atoms with E-state index in [0.29, 0.717) is 25.4 Å². The number of rotatable bonds is 11. The lowest BCUT2D eigenvalue weighted by atomic mass is 9.57. The highest BCUT2D eigenvalue weighted by atomic mass is 16.7. The minimum absolute atomic E-state index is 0.0564. The molecule has 2 N–H and O–H groups in total. The largest absolute Gasteiger partial charge is 0.497 e. The van der Waals surface area contributed by atoms with E-state index >= 15 is 0 Å². The molecular formula is C23H32O7. The van der Waals surface area contributed by atoms with Crippen molar-refractivity contribution in [2.45, 2.75) is 37.3 Å². The number of aliphatic hydroxyl groups is 2. The van der Waals surface area contributed by atoms with Gasteiger partial charge in [-0.3, -0.25) is 0 Å². The van der Waals surface area contributed by atoms with Gasteiger partial charge in [0.2, 0.25) is 0 Å². The van der Waals surface area contributed by atoms with Crippen LogP contribution in [0.25, 0.3) is 0 Å². The number of hydrogen-bond acceptors (Lipinski definition) is 7. The van der Waals surface area contributed by atoms with Gasteiger partial charge in [-0.15, -0.1) is 6.58 Å². The topological polar surface area (TPSA) is 86.6 Å². The molecule has 3 saturated carbocycles. The number of methoxy groups -OCH3 is 2. The molecule has 4 rings (SSSR count). The van der Waals surface area contributed by atoms with Gasteiger partial charge in [-0.1, -0.05) is 18.2 Å². The Labute approximate surface area is 177 Å². The van der Waals surface area contributed by atoms with Gasteiger partial charge in [0.1, 0.15) is 11.4 Å². The van der Waals surface area contributed by atoms with Crippen LogP contribution < -0.4 is 4.74 Å². The standard InChI is InChI=1S/C23H32O7/c1-4-23(25)20-10-9-18(21(24)19(20)14-29-15-28-12-11-26-2)22(23)30-13-16-5-7-17(27-3)8-6-16/h4-8,14,18,20-22,24-25H,1,9-13,15H2,2-3H3/b19-14+/t18-,20+,21+,22-,23+/m1/s1. The van der Waals surface area contributed by atoms with Crippen LogP contribution >= 0.6 is 0 Å². The average molecular weight is 421 g/mol. The molecule has 1 aromatic rings. The van der Waals surface area contributed by atoms with Crippen LogP contribution in [0.5, 0.6) is 5.75 Å². The van der Waals surface area contributed by atoms with Crippen LogP contribution in [0.3, 0.4) is 0 Å². The molecule has 0 aliphatic heterocycles. The summed E-state index contributed by atoms with van der Waals surface area (Å²) in [6, 6.07) is 7.58. The summed E-state index contributed by atoms with van der Waals surface area (Å²) in [5, 5.41) is 22.3. The number of hydrogen-bond donors (Lipinski definition) is 2. The van der Waals surface area contributed by atoms with Crippen LogP contribution in [-0.4, -0.2) is 62.2 Å². The Balaban J connectivity index is 1.67. The Bertz CT molecular complexity index is 717. The van der Waals surface area contributed by atoms with E-state index < -0.39 is 17.8 Å². The molecule has 0 heterocycles. The average Bonchev–Trinajstić information content (AvgIpc) is 2.77. The van der Waals surface area contributed by atoms with Crippen molar-refractivity contribution in [2.24, 2.45) is 11.8 Å². The van der Waals surface area contributed by atoms with Gasteiger partial charge in [0.05, 0.1) is 45.4 Å². The van der Waals surface area contributed by atoms with Gasteiger partial charge in [-0.25, -0.2) is 0 Å². The van der Waals surface area contributed by atoms with Crippen molar-refractivity contribution < 1.29 is 33.9 Å². The number of benzene rings is 1. The Kier molecular flexibility index (Phi) is 7.91. The first-order valence-corrected chi connectivity index (χ1v) is 10.2. The Morgan fingerprint density at radius 3 is 2.60 bits per heavy atom. The number of fused-ring (bicyclic) bond motifs is 3. The highest BCUT2D eigenvalue weighted by Gasteiger charge is 2.59. The molecule has 1 aromatic carbocycles. The van der Waals surface area contributed by atoms with Gasteiger partial charge in [-0.2, -0.15) is 0 Å². The van der Waals surface area contributed by atoms with Crippen molar-refractivity contribution in [3.63, 3.8) is 0 Å². The summed E-state index contributed by atoms with van der Waals surface area (Å²) < 4.78 is 27.0. The first-order chi connectivity index (χ1) is 14.5. The van der Waals surface area contributed by atoms with E-state index in [1.54, 1.807) is 14.2 Å². The first kappa shape index (κ1) is 22.8. The maximum absolute atomic E-state index is 11.4. The third-order valence-corrected chi connectivity index (χ3v) is 6.06. The zero-order valence-corrected chi connectivity index (χ0v) is 17.7. The summed E-state index contributed by atoms with van der Waals surface area (Å²) in [6.07, 6.45) is 3.24.